The van der Waals surface area contributed by atoms with E-state index >= 15 is 0 Å². The molecule has 4 heterocycles. The van der Waals surface area contributed by atoms with Crippen LogP contribution >= 0.6 is 71.5 Å². The highest BCUT2D eigenvalue weighted by Crippen LogP contribution is 2.30. The number of ether oxygens (including phenoxy) is 1. The van der Waals surface area contributed by atoms with Crippen LogP contribution in [0, 0.1) is 31.8 Å². The first-order chi connectivity index (χ1) is 39.0. The molecule has 1 aliphatic heterocycles. The lowest BCUT2D eigenvalue weighted by atomic mass is 10.1. The van der Waals surface area contributed by atoms with Crippen molar-refractivity contribution in [3.63, 3.8) is 0 Å². The minimum Gasteiger partial charge on any atom is -0.481 e. The number of rotatable bonds is 16. The standard InChI is InChI=1S/C22H21ClFN3OS.C20H18ClFN2O2S.C18H14ClFN2O2S/c23-17-5-9-19(10-6-17)27-20(16-3-7-18(24)8-4-16)15-26(22(27)29)14-11-21(28)25-12-1-2-13-25;1-2-26-19(25)11-12-23-13-18(14-3-7-16(22)8-4-14)24(20(23)27)17-9-5-15(21)6-10-17;19-13-3-7-15(8-4-13)22-16(12-1-5-14(20)6-2-12)11-21(18(22)25)10-9-17(23)24/h3-10,15H,1-2,11-14H2;3-10,13H,2,11-12H2,1H3;1-8,11H,9-10H2,(H,23,24). The van der Waals surface area contributed by atoms with Gasteiger partial charge in [-0.2, -0.15) is 0 Å². The van der Waals surface area contributed by atoms with Crippen LogP contribution in [0.5, 0.6) is 0 Å². The second-order valence-corrected chi connectivity index (χ2v) is 20.9. The quantitative estimate of drug-likeness (QED) is 0.0752. The van der Waals surface area contributed by atoms with Crippen LogP contribution in [0.15, 0.2) is 164 Å². The molecule has 9 aromatic rings. The van der Waals surface area contributed by atoms with E-state index in [1.165, 1.54) is 36.4 Å². The van der Waals surface area contributed by atoms with Gasteiger partial charge in [0, 0.05) is 107 Å². The second kappa shape index (κ2) is 27.9. The summed E-state index contributed by atoms with van der Waals surface area (Å²) < 4.78 is 57.6. The number of benzene rings is 6. The number of imidazole rings is 3. The molecule has 0 saturated carbocycles. The number of nitrogens with zero attached hydrogens (tertiary/aromatic N) is 7. The van der Waals surface area contributed by atoms with E-state index in [1.807, 2.05) is 76.5 Å². The third-order valence-corrected chi connectivity index (χ3v) is 15.0. The summed E-state index contributed by atoms with van der Waals surface area (Å²) in [5.41, 5.74) is 7.31. The van der Waals surface area contributed by atoms with Crippen LogP contribution in [0.2, 0.25) is 15.1 Å². The summed E-state index contributed by atoms with van der Waals surface area (Å²) in [6.07, 6.45) is 8.32. The van der Waals surface area contributed by atoms with Gasteiger partial charge in [-0.05, 0) is 202 Å². The molecule has 21 heteroatoms. The van der Waals surface area contributed by atoms with E-state index in [4.69, 9.17) is 81.3 Å². The van der Waals surface area contributed by atoms with Crippen molar-refractivity contribution in [2.24, 2.45) is 0 Å². The highest BCUT2D eigenvalue weighted by atomic mass is 35.5. The van der Waals surface area contributed by atoms with Gasteiger partial charge in [0.15, 0.2) is 14.3 Å². The number of aromatic nitrogens is 6. The van der Waals surface area contributed by atoms with Crippen molar-refractivity contribution in [2.45, 2.75) is 58.7 Å². The van der Waals surface area contributed by atoms with Crippen LogP contribution in [-0.2, 0) is 38.8 Å². The van der Waals surface area contributed by atoms with E-state index in [1.54, 1.807) is 90.5 Å². The minimum absolute atomic E-state index is 0.0399. The number of aryl methyl sites for hydroxylation is 3. The van der Waals surface area contributed by atoms with Crippen molar-refractivity contribution < 1.29 is 37.4 Å². The predicted octanol–water partition coefficient (Wildman–Crippen LogP) is 15.8. The Labute approximate surface area is 496 Å². The highest BCUT2D eigenvalue weighted by molar-refractivity contribution is 7.71. The molecule has 1 saturated heterocycles. The van der Waals surface area contributed by atoms with Crippen LogP contribution in [-0.4, -0.2) is 75.0 Å². The fourth-order valence-electron chi connectivity index (χ4n) is 8.95. The zero-order chi connectivity index (χ0) is 57.7. The number of carboxylic acids is 1. The number of esters is 1. The number of hydrogen-bond acceptors (Lipinski definition) is 7. The largest absolute Gasteiger partial charge is 0.481 e. The molecule has 1 N–H and O–H groups in total. The number of carbonyl (C=O) groups is 3. The molecular weight excluding hydrogens is 1160 g/mol. The molecule has 1 amide bonds. The van der Waals surface area contributed by atoms with E-state index in [9.17, 15) is 27.6 Å². The Morgan fingerprint density at radius 2 is 0.790 bits per heavy atom. The van der Waals surface area contributed by atoms with Gasteiger partial charge in [-0.25, -0.2) is 13.2 Å². The summed E-state index contributed by atoms with van der Waals surface area (Å²) >= 11 is 34.9. The van der Waals surface area contributed by atoms with Gasteiger partial charge >= 0.3 is 11.9 Å². The van der Waals surface area contributed by atoms with E-state index in [0.29, 0.717) is 55.5 Å². The number of likely N-dealkylation sites (tertiary alicyclic amines) is 1. The molecule has 0 radical (unpaired) electrons. The van der Waals surface area contributed by atoms with Crippen LogP contribution in [0.4, 0.5) is 13.2 Å². The molecule has 81 heavy (non-hydrogen) atoms. The molecule has 6 aromatic carbocycles. The SMILES string of the molecule is CCOC(=O)CCn1cc(-c2ccc(F)cc2)n(-c2ccc(Cl)cc2)c1=S.O=C(CCn1cc(-c2ccc(F)cc2)n(-c2ccc(Cl)cc2)c1=S)N1CCCC1.O=C(O)CCn1cc(-c2ccc(F)cc2)n(-c2ccc(Cl)cc2)c1=S. The summed E-state index contributed by atoms with van der Waals surface area (Å²) in [5.74, 6) is -1.94. The number of carbonyl (C=O) groups excluding carboxylic acids is 2. The molecule has 0 aliphatic carbocycles. The number of carboxylic acid groups (broad SMARTS) is 1. The van der Waals surface area contributed by atoms with Crippen LogP contribution < -0.4 is 0 Å². The van der Waals surface area contributed by atoms with Crippen molar-refractivity contribution in [2.75, 3.05) is 19.7 Å². The Morgan fingerprint density at radius 3 is 1.10 bits per heavy atom. The lowest BCUT2D eigenvalue weighted by Crippen LogP contribution is -2.28. The molecule has 0 atom stereocenters. The first-order valence-electron chi connectivity index (χ1n) is 25.6. The Kier molecular flexibility index (Phi) is 20.6. The van der Waals surface area contributed by atoms with E-state index in [2.05, 4.69) is 0 Å². The van der Waals surface area contributed by atoms with Crippen molar-refractivity contribution >= 4 is 89.3 Å². The van der Waals surface area contributed by atoms with Gasteiger partial charge in [0.05, 0.1) is 36.5 Å². The maximum Gasteiger partial charge on any atom is 0.307 e. The summed E-state index contributed by atoms with van der Waals surface area (Å²) in [6.45, 7) is 4.95. The molecular formula is C60H53Cl3F3N7O5S3. The van der Waals surface area contributed by atoms with Crippen molar-refractivity contribution in [3.8, 4) is 50.8 Å². The molecule has 3 aromatic heterocycles. The average molecular weight is 1210 g/mol. The molecule has 1 aliphatic rings. The number of halogens is 6. The molecule has 418 valence electrons. The predicted molar refractivity (Wildman–Crippen MR) is 319 cm³/mol. The fourth-order valence-corrected chi connectivity index (χ4v) is 10.4. The normalized spacial score (nSPS) is 11.9. The van der Waals surface area contributed by atoms with Gasteiger partial charge in [-0.1, -0.05) is 34.8 Å². The Bertz CT molecular complexity index is 3820. The lowest BCUT2D eigenvalue weighted by molar-refractivity contribution is -0.143. The van der Waals surface area contributed by atoms with Crippen molar-refractivity contribution in [1.82, 2.24) is 32.3 Å². The van der Waals surface area contributed by atoms with Gasteiger partial charge in [0.2, 0.25) is 5.91 Å². The zero-order valence-electron chi connectivity index (χ0n) is 43.6. The van der Waals surface area contributed by atoms with Crippen LogP contribution in [0.3, 0.4) is 0 Å². The Balaban J connectivity index is 0.000000160. The van der Waals surface area contributed by atoms with E-state index in [0.717, 1.165) is 76.8 Å². The molecule has 0 spiro atoms. The third kappa shape index (κ3) is 15.4. The maximum absolute atomic E-state index is 13.4. The van der Waals surface area contributed by atoms with E-state index in [-0.39, 0.29) is 48.7 Å². The van der Waals surface area contributed by atoms with Gasteiger partial charge in [0.1, 0.15) is 17.5 Å². The molecule has 0 unspecified atom stereocenters. The fraction of sp³-hybridized carbons (Fsp3) is 0.200. The van der Waals surface area contributed by atoms with E-state index < -0.39 is 5.97 Å². The Hall–Kier alpha value is -7.32. The number of aliphatic carboxylic acids is 1. The summed E-state index contributed by atoms with van der Waals surface area (Å²) in [5, 5.41) is 10.8. The van der Waals surface area contributed by atoms with Gasteiger partial charge in [-0.3, -0.25) is 28.1 Å². The van der Waals surface area contributed by atoms with Gasteiger partial charge < -0.3 is 28.4 Å². The highest BCUT2D eigenvalue weighted by Gasteiger charge is 2.20. The van der Waals surface area contributed by atoms with Crippen molar-refractivity contribution in [1.29, 1.82) is 0 Å². The monoisotopic (exact) mass is 1210 g/mol. The summed E-state index contributed by atoms with van der Waals surface area (Å²) in [6, 6.07) is 40.4. The third-order valence-electron chi connectivity index (χ3n) is 13.0. The molecule has 12 nitrogen and oxygen atoms in total. The summed E-state index contributed by atoms with van der Waals surface area (Å²) in [7, 11) is 0. The van der Waals surface area contributed by atoms with Crippen molar-refractivity contribution in [3.05, 3.63) is 211 Å². The first kappa shape index (κ1) is 59.8. The first-order valence-corrected chi connectivity index (χ1v) is 28.0. The minimum atomic E-state index is -0.899. The zero-order valence-corrected chi connectivity index (χ0v) is 48.3. The smallest absolute Gasteiger partial charge is 0.307 e. The molecule has 10 rings (SSSR count). The second-order valence-electron chi connectivity index (χ2n) is 18.5. The topological polar surface area (TPSA) is 113 Å². The van der Waals surface area contributed by atoms with Crippen LogP contribution in [0.1, 0.15) is 39.0 Å². The average Bonchev–Trinajstić information content (AvgIpc) is 4.49. The molecule has 1 fully saturated rings. The summed E-state index contributed by atoms with van der Waals surface area (Å²) in [4.78, 5) is 37.0. The Morgan fingerprint density at radius 1 is 0.481 bits per heavy atom. The maximum atomic E-state index is 13.4. The molecule has 0 bridgehead atoms. The van der Waals surface area contributed by atoms with Gasteiger partial charge in [-0.15, -0.1) is 0 Å². The van der Waals surface area contributed by atoms with Crippen LogP contribution in [0.25, 0.3) is 50.8 Å². The number of hydrogen-bond donors (Lipinski definition) is 1. The number of amides is 1. The lowest BCUT2D eigenvalue weighted by Gasteiger charge is -2.15. The van der Waals surface area contributed by atoms with Gasteiger partial charge in [0.25, 0.3) is 0 Å².